The van der Waals surface area contributed by atoms with E-state index in [1.54, 1.807) is 0 Å². The summed E-state index contributed by atoms with van der Waals surface area (Å²) >= 11 is 5.25. The smallest absolute Gasteiger partial charge is 0.392 e. The number of rotatable bonds is 3. The van der Waals surface area contributed by atoms with Crippen LogP contribution in [0.1, 0.15) is 11.1 Å². The Kier molecular flexibility index (Phi) is 4.36. The van der Waals surface area contributed by atoms with Crippen LogP contribution in [0.5, 0.6) is 0 Å². The molecule has 0 radical (unpaired) electrons. The van der Waals surface area contributed by atoms with Gasteiger partial charge < -0.3 is 10.4 Å². The molecule has 2 N–H and O–H groups in total. The van der Waals surface area contributed by atoms with Crippen LogP contribution >= 0.6 is 11.6 Å². The lowest BCUT2D eigenvalue weighted by molar-refractivity contribution is -0.137. The Morgan fingerprint density at radius 3 is 2.53 bits per heavy atom. The molecule has 1 aromatic carbocycles. The van der Waals surface area contributed by atoms with E-state index in [9.17, 15) is 18.0 Å². The van der Waals surface area contributed by atoms with Crippen LogP contribution in [0.2, 0.25) is 0 Å². The summed E-state index contributed by atoms with van der Waals surface area (Å²) in [5.74, 6) is -0.868. The third-order valence-electron chi connectivity index (χ3n) is 2.00. The molecule has 0 unspecified atom stereocenters. The average molecular weight is 268 g/mol. The van der Waals surface area contributed by atoms with E-state index < -0.39 is 24.3 Å². The van der Waals surface area contributed by atoms with E-state index >= 15 is 0 Å². The maximum Gasteiger partial charge on any atom is 0.416 e. The number of aliphatic hydroxyl groups excluding tert-OH is 1. The van der Waals surface area contributed by atoms with Crippen LogP contribution in [0.15, 0.2) is 18.2 Å². The van der Waals surface area contributed by atoms with Crippen LogP contribution < -0.4 is 5.32 Å². The number of anilines is 1. The van der Waals surface area contributed by atoms with Gasteiger partial charge in [-0.25, -0.2) is 0 Å². The number of hydrogen-bond acceptors (Lipinski definition) is 2. The van der Waals surface area contributed by atoms with E-state index in [4.69, 9.17) is 16.7 Å². The molecule has 0 aliphatic rings. The fourth-order valence-electron chi connectivity index (χ4n) is 1.21. The lowest BCUT2D eigenvalue weighted by atomic mass is 10.1. The number of alkyl halides is 4. The monoisotopic (exact) mass is 267 g/mol. The third-order valence-corrected chi connectivity index (χ3v) is 2.24. The Labute approximate surface area is 100 Å². The van der Waals surface area contributed by atoms with Crippen molar-refractivity contribution in [2.45, 2.75) is 12.8 Å². The Morgan fingerprint density at radius 1 is 1.41 bits per heavy atom. The SMILES string of the molecule is O=C(CCl)Nc1ccc(C(F)(F)F)cc1CO. The van der Waals surface area contributed by atoms with Crippen LogP contribution in [0.3, 0.4) is 0 Å². The molecule has 1 aromatic rings. The number of amides is 1. The molecule has 3 nitrogen and oxygen atoms in total. The largest absolute Gasteiger partial charge is 0.416 e. The maximum absolute atomic E-state index is 12.4. The predicted molar refractivity (Wildman–Crippen MR) is 56.7 cm³/mol. The van der Waals surface area contributed by atoms with E-state index in [-0.39, 0.29) is 17.1 Å². The van der Waals surface area contributed by atoms with Gasteiger partial charge in [-0.05, 0) is 18.2 Å². The molecular formula is C10H9ClF3NO2. The van der Waals surface area contributed by atoms with E-state index in [2.05, 4.69) is 5.32 Å². The Morgan fingerprint density at radius 2 is 2.06 bits per heavy atom. The van der Waals surface area contributed by atoms with Gasteiger partial charge in [0, 0.05) is 11.3 Å². The topological polar surface area (TPSA) is 49.3 Å². The summed E-state index contributed by atoms with van der Waals surface area (Å²) in [5.41, 5.74) is -0.783. The second-order valence-corrected chi connectivity index (χ2v) is 3.48. The first-order chi connectivity index (χ1) is 7.88. The number of carbonyl (C=O) groups is 1. The molecule has 17 heavy (non-hydrogen) atoms. The summed E-state index contributed by atoms with van der Waals surface area (Å²) in [5, 5.41) is 11.2. The molecule has 0 aliphatic carbocycles. The van der Waals surface area contributed by atoms with E-state index in [1.807, 2.05) is 0 Å². The van der Waals surface area contributed by atoms with E-state index in [1.165, 1.54) is 0 Å². The standard InChI is InChI=1S/C10H9ClF3NO2/c11-4-9(17)15-8-2-1-7(10(12,13)14)3-6(8)5-16/h1-3,16H,4-5H2,(H,15,17). The molecule has 0 saturated carbocycles. The van der Waals surface area contributed by atoms with Crippen molar-refractivity contribution in [3.8, 4) is 0 Å². The highest BCUT2D eigenvalue weighted by molar-refractivity contribution is 6.29. The van der Waals surface area contributed by atoms with Crippen LogP contribution in [0.4, 0.5) is 18.9 Å². The van der Waals surface area contributed by atoms with Crippen LogP contribution in [0.25, 0.3) is 0 Å². The molecule has 94 valence electrons. The van der Waals surface area contributed by atoms with Crippen molar-refractivity contribution in [2.24, 2.45) is 0 Å². The highest BCUT2D eigenvalue weighted by Gasteiger charge is 2.30. The lowest BCUT2D eigenvalue weighted by Crippen LogP contribution is -2.15. The van der Waals surface area contributed by atoms with E-state index in [0.29, 0.717) is 0 Å². The summed E-state index contributed by atoms with van der Waals surface area (Å²) in [4.78, 5) is 11.0. The zero-order valence-corrected chi connectivity index (χ0v) is 9.27. The highest BCUT2D eigenvalue weighted by atomic mass is 35.5. The van der Waals surface area contributed by atoms with Crippen molar-refractivity contribution in [3.05, 3.63) is 29.3 Å². The molecule has 1 rings (SSSR count). The van der Waals surface area contributed by atoms with Gasteiger partial charge in [-0.2, -0.15) is 13.2 Å². The van der Waals surface area contributed by atoms with Crippen molar-refractivity contribution in [1.29, 1.82) is 0 Å². The average Bonchev–Trinajstić information content (AvgIpc) is 2.27. The summed E-state index contributed by atoms with van der Waals surface area (Å²) in [6, 6.07) is 2.69. The number of nitrogens with one attached hydrogen (secondary N) is 1. The van der Waals surface area contributed by atoms with Crippen molar-refractivity contribution in [2.75, 3.05) is 11.2 Å². The summed E-state index contributed by atoms with van der Waals surface area (Å²) < 4.78 is 37.1. The Bertz CT molecular complexity index is 421. The Balaban J connectivity index is 3.06. The van der Waals surface area contributed by atoms with Gasteiger partial charge in [0.15, 0.2) is 0 Å². The molecule has 0 fully saturated rings. The maximum atomic E-state index is 12.4. The summed E-state index contributed by atoms with van der Waals surface area (Å²) in [7, 11) is 0. The first-order valence-corrected chi connectivity index (χ1v) is 5.08. The number of halogens is 4. The van der Waals surface area contributed by atoms with Gasteiger partial charge in [-0.3, -0.25) is 4.79 Å². The first-order valence-electron chi connectivity index (χ1n) is 4.55. The van der Waals surface area contributed by atoms with Gasteiger partial charge in [0.05, 0.1) is 12.2 Å². The van der Waals surface area contributed by atoms with Gasteiger partial charge in [0.25, 0.3) is 0 Å². The zero-order chi connectivity index (χ0) is 13.1. The van der Waals surface area contributed by atoms with Gasteiger partial charge in [0.2, 0.25) is 5.91 Å². The summed E-state index contributed by atoms with van der Waals surface area (Å²) in [6.45, 7) is -0.609. The second kappa shape index (κ2) is 5.37. The number of hydrogen-bond donors (Lipinski definition) is 2. The van der Waals surface area contributed by atoms with Crippen molar-refractivity contribution in [1.82, 2.24) is 0 Å². The highest BCUT2D eigenvalue weighted by Crippen LogP contribution is 2.31. The minimum atomic E-state index is -4.49. The molecule has 0 aromatic heterocycles. The molecule has 1 amide bonds. The minimum Gasteiger partial charge on any atom is -0.392 e. The summed E-state index contributed by atoms with van der Waals surface area (Å²) in [6.07, 6.45) is -4.49. The van der Waals surface area contributed by atoms with E-state index in [0.717, 1.165) is 18.2 Å². The van der Waals surface area contributed by atoms with Crippen LogP contribution in [-0.2, 0) is 17.6 Å². The fraction of sp³-hybridized carbons (Fsp3) is 0.300. The molecule has 0 saturated heterocycles. The second-order valence-electron chi connectivity index (χ2n) is 3.21. The zero-order valence-electron chi connectivity index (χ0n) is 8.51. The fourth-order valence-corrected chi connectivity index (χ4v) is 1.27. The number of aliphatic hydroxyl groups is 1. The van der Waals surface area contributed by atoms with Gasteiger partial charge in [-0.1, -0.05) is 0 Å². The minimum absolute atomic E-state index is 0.0155. The van der Waals surface area contributed by atoms with Crippen LogP contribution in [-0.4, -0.2) is 16.9 Å². The molecule has 0 aliphatic heterocycles. The number of carbonyl (C=O) groups excluding carboxylic acids is 1. The normalized spacial score (nSPS) is 11.4. The Hall–Kier alpha value is -1.27. The molecule has 0 atom stereocenters. The predicted octanol–water partition coefficient (Wildman–Crippen LogP) is 2.38. The third kappa shape index (κ3) is 3.61. The molecule has 0 heterocycles. The van der Waals surface area contributed by atoms with Crippen LogP contribution in [0, 0.1) is 0 Å². The van der Waals surface area contributed by atoms with Gasteiger partial charge in [-0.15, -0.1) is 11.6 Å². The van der Waals surface area contributed by atoms with Crippen molar-refractivity contribution < 1.29 is 23.1 Å². The lowest BCUT2D eigenvalue weighted by Gasteiger charge is -2.12. The van der Waals surface area contributed by atoms with Crippen molar-refractivity contribution >= 4 is 23.2 Å². The molecule has 0 bridgehead atoms. The first kappa shape index (κ1) is 13.8. The molecule has 0 spiro atoms. The molecular weight excluding hydrogens is 259 g/mol. The van der Waals surface area contributed by atoms with Gasteiger partial charge >= 0.3 is 6.18 Å². The quantitative estimate of drug-likeness (QED) is 0.826. The number of benzene rings is 1. The van der Waals surface area contributed by atoms with Gasteiger partial charge in [0.1, 0.15) is 5.88 Å². The molecule has 7 heteroatoms. The van der Waals surface area contributed by atoms with Crippen molar-refractivity contribution in [3.63, 3.8) is 0 Å².